The van der Waals surface area contributed by atoms with Crippen molar-refractivity contribution in [2.75, 3.05) is 18.4 Å². The molecule has 0 saturated carbocycles. The number of hydrogen-bond acceptors (Lipinski definition) is 5. The van der Waals surface area contributed by atoms with Gasteiger partial charge >= 0.3 is 0 Å². The summed E-state index contributed by atoms with van der Waals surface area (Å²) in [5.41, 5.74) is 6.01. The van der Waals surface area contributed by atoms with Crippen LogP contribution in [-0.2, 0) is 17.6 Å². The molecule has 0 unspecified atom stereocenters. The molecular formula is C26H27ClFN5O2. The highest BCUT2D eigenvalue weighted by Crippen LogP contribution is 2.43. The van der Waals surface area contributed by atoms with Gasteiger partial charge in [0, 0.05) is 36.8 Å². The molecule has 0 fully saturated rings. The van der Waals surface area contributed by atoms with Crippen molar-refractivity contribution in [3.63, 3.8) is 0 Å². The second kappa shape index (κ2) is 9.07. The number of anilines is 2. The summed E-state index contributed by atoms with van der Waals surface area (Å²) in [5.74, 6) is -0.896. The first-order chi connectivity index (χ1) is 16.8. The molecule has 5 rings (SSSR count). The van der Waals surface area contributed by atoms with Gasteiger partial charge in [0.15, 0.2) is 11.6 Å². The number of nitrogens with one attached hydrogen (secondary N) is 3. The summed E-state index contributed by atoms with van der Waals surface area (Å²) in [6.07, 6.45) is 4.24. The molecular weight excluding hydrogens is 469 g/mol. The minimum Gasteiger partial charge on any atom is -0.352 e. The molecule has 0 bridgehead atoms. The van der Waals surface area contributed by atoms with Crippen molar-refractivity contribution in [2.24, 2.45) is 5.92 Å². The Hall–Kier alpha value is -3.26. The van der Waals surface area contributed by atoms with Gasteiger partial charge < -0.3 is 16.0 Å². The van der Waals surface area contributed by atoms with Gasteiger partial charge in [-0.25, -0.2) is 14.4 Å². The van der Waals surface area contributed by atoms with Gasteiger partial charge in [-0.1, -0.05) is 31.0 Å². The van der Waals surface area contributed by atoms with Gasteiger partial charge in [0.1, 0.15) is 5.15 Å². The number of aromatic nitrogens is 2. The number of carbonyl (C=O) groups is 2. The van der Waals surface area contributed by atoms with Gasteiger partial charge in [-0.2, -0.15) is 0 Å². The summed E-state index contributed by atoms with van der Waals surface area (Å²) in [6.45, 7) is 7.09. The van der Waals surface area contributed by atoms with Crippen LogP contribution in [0.2, 0.25) is 5.15 Å². The molecule has 2 amide bonds. The smallest absolute Gasteiger partial charge is 0.255 e. The molecule has 0 spiro atoms. The number of nitrogens with zero attached hydrogens (tertiary/aromatic N) is 2. The summed E-state index contributed by atoms with van der Waals surface area (Å²) in [7, 11) is 0. The lowest BCUT2D eigenvalue weighted by molar-refractivity contribution is -0.117. The normalized spacial score (nSPS) is 17.8. The van der Waals surface area contributed by atoms with Crippen molar-refractivity contribution < 1.29 is 14.0 Å². The third-order valence-corrected chi connectivity index (χ3v) is 7.04. The summed E-state index contributed by atoms with van der Waals surface area (Å²) in [4.78, 5) is 34.0. The van der Waals surface area contributed by atoms with E-state index in [2.05, 4.69) is 25.9 Å². The van der Waals surface area contributed by atoms with Gasteiger partial charge in [0.05, 0.1) is 16.9 Å². The maximum atomic E-state index is 16.2. The molecule has 182 valence electrons. The largest absolute Gasteiger partial charge is 0.352 e. The van der Waals surface area contributed by atoms with E-state index in [0.29, 0.717) is 60.4 Å². The maximum Gasteiger partial charge on any atom is 0.255 e. The summed E-state index contributed by atoms with van der Waals surface area (Å²) in [6, 6.07) is 1.51. The third kappa shape index (κ3) is 4.10. The molecule has 1 aliphatic carbocycles. The van der Waals surface area contributed by atoms with E-state index in [-0.39, 0.29) is 28.7 Å². The van der Waals surface area contributed by atoms with Crippen LogP contribution in [0.15, 0.2) is 29.0 Å². The highest BCUT2D eigenvalue weighted by atomic mass is 35.5. The second-order valence-corrected chi connectivity index (χ2v) is 9.86. The molecule has 0 radical (unpaired) electrons. The Kier molecular flexibility index (Phi) is 6.09. The SMILES string of the molecule is CC1=C(C2=C(C(C)C)c3c(cnc(Nc4cc(Cl)nc5c4C(=O)NCC5)c3F)CC2)C(=O)NCC1. The van der Waals surface area contributed by atoms with Crippen molar-refractivity contribution in [2.45, 2.75) is 46.5 Å². The lowest BCUT2D eigenvalue weighted by Gasteiger charge is -2.30. The Morgan fingerprint density at radius 3 is 2.54 bits per heavy atom. The van der Waals surface area contributed by atoms with Gasteiger partial charge in [-0.15, -0.1) is 0 Å². The summed E-state index contributed by atoms with van der Waals surface area (Å²) >= 11 is 6.20. The van der Waals surface area contributed by atoms with E-state index >= 15 is 4.39 Å². The minimum atomic E-state index is -0.504. The molecule has 0 saturated heterocycles. The zero-order valence-electron chi connectivity index (χ0n) is 19.9. The first-order valence-corrected chi connectivity index (χ1v) is 12.3. The highest BCUT2D eigenvalue weighted by molar-refractivity contribution is 6.30. The van der Waals surface area contributed by atoms with Gasteiger partial charge in [0.2, 0.25) is 0 Å². The molecule has 0 aromatic carbocycles. The first kappa shape index (κ1) is 23.5. The Morgan fingerprint density at radius 2 is 1.80 bits per heavy atom. The van der Waals surface area contributed by atoms with Crippen molar-refractivity contribution >= 4 is 40.5 Å². The van der Waals surface area contributed by atoms with E-state index in [9.17, 15) is 9.59 Å². The molecule has 9 heteroatoms. The van der Waals surface area contributed by atoms with Crippen LogP contribution in [0.25, 0.3) is 5.57 Å². The molecule has 7 nitrogen and oxygen atoms in total. The molecule has 0 atom stereocenters. The Bertz CT molecular complexity index is 1330. The second-order valence-electron chi connectivity index (χ2n) is 9.47. The van der Waals surface area contributed by atoms with E-state index in [1.165, 1.54) is 6.07 Å². The molecule has 4 heterocycles. The number of carbonyl (C=O) groups excluding carboxylic acids is 2. The topological polar surface area (TPSA) is 96.0 Å². The highest BCUT2D eigenvalue weighted by Gasteiger charge is 2.32. The van der Waals surface area contributed by atoms with Crippen LogP contribution < -0.4 is 16.0 Å². The van der Waals surface area contributed by atoms with Crippen LogP contribution in [0.3, 0.4) is 0 Å². The zero-order valence-corrected chi connectivity index (χ0v) is 20.7. The van der Waals surface area contributed by atoms with Crippen LogP contribution in [0.1, 0.15) is 60.8 Å². The monoisotopic (exact) mass is 495 g/mol. The van der Waals surface area contributed by atoms with E-state index in [1.807, 2.05) is 20.8 Å². The summed E-state index contributed by atoms with van der Waals surface area (Å²) in [5, 5.41) is 8.95. The average molecular weight is 496 g/mol. The fraction of sp³-hybridized carbons (Fsp3) is 0.385. The predicted octanol–water partition coefficient (Wildman–Crippen LogP) is 4.49. The van der Waals surface area contributed by atoms with E-state index < -0.39 is 5.82 Å². The number of hydrogen-bond donors (Lipinski definition) is 3. The van der Waals surface area contributed by atoms with Crippen molar-refractivity contribution in [1.29, 1.82) is 0 Å². The maximum absolute atomic E-state index is 16.2. The predicted molar refractivity (Wildman–Crippen MR) is 133 cm³/mol. The lowest BCUT2D eigenvalue weighted by Crippen LogP contribution is -2.33. The molecule has 2 aliphatic heterocycles. The summed E-state index contributed by atoms with van der Waals surface area (Å²) < 4.78 is 16.2. The van der Waals surface area contributed by atoms with Crippen molar-refractivity contribution in [3.8, 4) is 0 Å². The zero-order chi connectivity index (χ0) is 24.9. The van der Waals surface area contributed by atoms with Crippen LogP contribution >= 0.6 is 11.6 Å². The van der Waals surface area contributed by atoms with Gasteiger partial charge in [-0.3, -0.25) is 9.59 Å². The van der Waals surface area contributed by atoms with E-state index in [1.54, 1.807) is 6.20 Å². The van der Waals surface area contributed by atoms with Crippen molar-refractivity contribution in [3.05, 3.63) is 62.3 Å². The Morgan fingerprint density at radius 1 is 1.06 bits per heavy atom. The van der Waals surface area contributed by atoms with Gasteiger partial charge in [0.25, 0.3) is 11.8 Å². The fourth-order valence-corrected chi connectivity index (χ4v) is 5.52. The standard InChI is InChI=1S/C26H27ClFN5O2/c1-12(2)19-15(20-13(3)6-8-29-25(20)34)5-4-14-11-31-24(23(28)21(14)19)33-17-10-18(27)32-16-7-9-30-26(35)22(16)17/h10-12H,4-9H2,1-3H3,(H,29,34)(H,30,35)(H,31,32,33). The number of amides is 2. The van der Waals surface area contributed by atoms with Crippen molar-refractivity contribution in [1.82, 2.24) is 20.6 Å². The number of fused-ring (bicyclic) bond motifs is 2. The average Bonchev–Trinajstić information content (AvgIpc) is 2.80. The third-order valence-electron chi connectivity index (χ3n) is 6.85. The molecule has 3 N–H and O–H groups in total. The number of pyridine rings is 2. The molecule has 2 aromatic rings. The number of rotatable bonds is 4. The molecule has 3 aliphatic rings. The first-order valence-electron chi connectivity index (χ1n) is 11.9. The quantitative estimate of drug-likeness (QED) is 0.543. The number of halogens is 2. The van der Waals surface area contributed by atoms with Crippen LogP contribution in [0, 0.1) is 11.7 Å². The van der Waals surface area contributed by atoms with Crippen LogP contribution in [0.5, 0.6) is 0 Å². The fourth-order valence-electron chi connectivity index (χ4n) is 5.31. The van der Waals surface area contributed by atoms with Crippen LogP contribution in [-0.4, -0.2) is 34.9 Å². The van der Waals surface area contributed by atoms with Crippen LogP contribution in [0.4, 0.5) is 15.9 Å². The Labute approximate surface area is 208 Å². The Balaban J connectivity index is 1.65. The molecule has 2 aromatic heterocycles. The number of allylic oxidation sites excluding steroid dienone is 1. The number of aryl methyl sites for hydroxylation is 1. The van der Waals surface area contributed by atoms with E-state index in [4.69, 9.17) is 11.6 Å². The van der Waals surface area contributed by atoms with E-state index in [0.717, 1.165) is 28.7 Å². The lowest BCUT2D eigenvalue weighted by atomic mass is 9.76. The molecule has 35 heavy (non-hydrogen) atoms. The van der Waals surface area contributed by atoms with Gasteiger partial charge in [-0.05, 0) is 54.9 Å². The minimum absolute atomic E-state index is 0.00443.